The maximum absolute atomic E-state index is 2.39. The molecule has 0 spiro atoms. The van der Waals surface area contributed by atoms with E-state index in [4.69, 9.17) is 0 Å². The molecule has 140 valence electrons. The number of rotatable bonds is 6. The standard InChI is InChI=1S/C25H32N2/c1-5-7-13-26-15-11-20-19(17-26)9-10-22-21-12-16-27(14-8-6-2)18-23(21)25(3,4)24(20)22/h9-12,15-18H,5-8,13-14H2,1-4H3/q+2. The zero-order chi connectivity index (χ0) is 19.0. The van der Waals surface area contributed by atoms with E-state index >= 15 is 0 Å². The first-order chi connectivity index (χ1) is 13.1. The van der Waals surface area contributed by atoms with Crippen LogP contribution in [0.1, 0.15) is 64.5 Å². The molecule has 0 bridgehead atoms. The van der Waals surface area contributed by atoms with Crippen molar-refractivity contribution in [3.05, 3.63) is 60.2 Å². The molecule has 0 aliphatic heterocycles. The van der Waals surface area contributed by atoms with Gasteiger partial charge in [-0.3, -0.25) is 0 Å². The zero-order valence-corrected chi connectivity index (χ0v) is 17.3. The van der Waals surface area contributed by atoms with Crippen molar-refractivity contribution in [2.45, 2.75) is 71.9 Å². The lowest BCUT2D eigenvalue weighted by atomic mass is 9.81. The molecule has 3 aromatic rings. The average molecular weight is 361 g/mol. The third-order valence-electron chi connectivity index (χ3n) is 6.16. The van der Waals surface area contributed by atoms with Crippen LogP contribution in [0.2, 0.25) is 0 Å². The second-order valence-electron chi connectivity index (χ2n) is 8.52. The van der Waals surface area contributed by atoms with Crippen LogP contribution in [0, 0.1) is 0 Å². The van der Waals surface area contributed by atoms with Crippen LogP contribution < -0.4 is 9.13 Å². The lowest BCUT2D eigenvalue weighted by Crippen LogP contribution is -2.35. The second-order valence-corrected chi connectivity index (χ2v) is 8.52. The topological polar surface area (TPSA) is 7.76 Å². The third-order valence-corrected chi connectivity index (χ3v) is 6.16. The SMILES string of the molecule is CCCC[n+]1ccc2c(c1)C(C)(C)c1c-2ccc2c[n+](CCCC)ccc12. The molecule has 2 heterocycles. The van der Waals surface area contributed by atoms with Crippen LogP contribution in [0.15, 0.2) is 49.1 Å². The first-order valence-electron chi connectivity index (χ1n) is 10.6. The number of nitrogens with zero attached hydrogens (tertiary/aromatic N) is 2. The van der Waals surface area contributed by atoms with E-state index in [1.54, 1.807) is 0 Å². The monoisotopic (exact) mass is 360 g/mol. The van der Waals surface area contributed by atoms with Crippen molar-refractivity contribution in [1.29, 1.82) is 0 Å². The molecular formula is C25H32N2+2. The molecule has 0 radical (unpaired) electrons. The van der Waals surface area contributed by atoms with Gasteiger partial charge < -0.3 is 0 Å². The van der Waals surface area contributed by atoms with Crippen LogP contribution in [0.4, 0.5) is 0 Å². The minimum atomic E-state index is 0.0367. The molecule has 1 aromatic carbocycles. The fourth-order valence-electron chi connectivity index (χ4n) is 4.58. The van der Waals surface area contributed by atoms with Gasteiger partial charge in [-0.2, -0.15) is 0 Å². The quantitative estimate of drug-likeness (QED) is 0.526. The largest absolute Gasteiger partial charge is 0.205 e. The Kier molecular flexibility index (Phi) is 4.75. The van der Waals surface area contributed by atoms with Gasteiger partial charge in [0.2, 0.25) is 0 Å². The van der Waals surface area contributed by atoms with Crippen LogP contribution >= 0.6 is 0 Å². The van der Waals surface area contributed by atoms with Crippen LogP contribution in [0.5, 0.6) is 0 Å². The summed E-state index contributed by atoms with van der Waals surface area (Å²) in [6.45, 7) is 11.5. The fourth-order valence-corrected chi connectivity index (χ4v) is 4.58. The van der Waals surface area contributed by atoms with Crippen LogP contribution in [0.25, 0.3) is 21.9 Å². The van der Waals surface area contributed by atoms with Crippen molar-refractivity contribution in [2.24, 2.45) is 0 Å². The molecule has 2 aromatic heterocycles. The van der Waals surface area contributed by atoms with Crippen molar-refractivity contribution in [2.75, 3.05) is 0 Å². The van der Waals surface area contributed by atoms with Crippen LogP contribution in [-0.2, 0) is 18.5 Å². The molecule has 1 aliphatic rings. The van der Waals surface area contributed by atoms with Gasteiger partial charge in [0.05, 0.1) is 0 Å². The molecule has 0 N–H and O–H groups in total. The molecule has 0 saturated carbocycles. The molecule has 1 aliphatic carbocycles. The Labute approximate surface area is 163 Å². The zero-order valence-electron chi connectivity index (χ0n) is 17.3. The van der Waals surface area contributed by atoms with E-state index < -0.39 is 0 Å². The van der Waals surface area contributed by atoms with Crippen molar-refractivity contribution in [3.8, 4) is 11.1 Å². The Hall–Kier alpha value is -2.22. The van der Waals surface area contributed by atoms with Crippen LogP contribution in [0.3, 0.4) is 0 Å². The van der Waals surface area contributed by atoms with E-state index in [1.807, 2.05) is 0 Å². The summed E-state index contributed by atoms with van der Waals surface area (Å²) in [5.74, 6) is 0. The minimum Gasteiger partial charge on any atom is -0.205 e. The number of fused-ring (bicyclic) bond motifs is 5. The van der Waals surface area contributed by atoms with E-state index in [9.17, 15) is 0 Å². The van der Waals surface area contributed by atoms with E-state index in [0.717, 1.165) is 13.1 Å². The highest BCUT2D eigenvalue weighted by molar-refractivity contribution is 5.96. The van der Waals surface area contributed by atoms with Gasteiger partial charge in [0.1, 0.15) is 13.1 Å². The van der Waals surface area contributed by atoms with Gasteiger partial charge in [-0.1, -0.05) is 46.6 Å². The maximum Gasteiger partial charge on any atom is 0.176 e. The average Bonchev–Trinajstić information content (AvgIpc) is 2.91. The normalized spacial score (nSPS) is 14.4. The Bertz CT molecular complexity index is 985. The Morgan fingerprint density at radius 3 is 2.15 bits per heavy atom. The van der Waals surface area contributed by atoms with Crippen molar-refractivity contribution in [3.63, 3.8) is 0 Å². The molecule has 2 heteroatoms. The molecule has 0 unspecified atom stereocenters. The molecule has 2 nitrogen and oxygen atoms in total. The predicted octanol–water partition coefficient (Wildman–Crippen LogP) is 5.32. The first kappa shape index (κ1) is 18.2. The Morgan fingerprint density at radius 2 is 1.44 bits per heavy atom. The molecule has 4 rings (SSSR count). The number of hydrogen-bond acceptors (Lipinski definition) is 0. The van der Waals surface area contributed by atoms with Gasteiger partial charge in [-0.05, 0) is 28.1 Å². The van der Waals surface area contributed by atoms with Gasteiger partial charge in [0.15, 0.2) is 24.8 Å². The lowest BCUT2D eigenvalue weighted by molar-refractivity contribution is -0.697. The highest BCUT2D eigenvalue weighted by atomic mass is 14.9. The van der Waals surface area contributed by atoms with E-state index in [1.165, 1.54) is 58.7 Å². The fraction of sp³-hybridized carbons (Fsp3) is 0.440. The molecule has 27 heavy (non-hydrogen) atoms. The summed E-state index contributed by atoms with van der Waals surface area (Å²) in [6, 6.07) is 9.31. The summed E-state index contributed by atoms with van der Waals surface area (Å²) in [7, 11) is 0. The number of pyridine rings is 2. The van der Waals surface area contributed by atoms with Gasteiger partial charge in [0, 0.05) is 41.3 Å². The van der Waals surface area contributed by atoms with Crippen molar-refractivity contribution in [1.82, 2.24) is 0 Å². The summed E-state index contributed by atoms with van der Waals surface area (Å²) in [4.78, 5) is 0. The molecule has 0 fully saturated rings. The summed E-state index contributed by atoms with van der Waals surface area (Å²) >= 11 is 0. The summed E-state index contributed by atoms with van der Waals surface area (Å²) in [5.41, 5.74) is 5.82. The Balaban J connectivity index is 1.82. The Morgan fingerprint density at radius 1 is 0.778 bits per heavy atom. The van der Waals surface area contributed by atoms with Gasteiger partial charge >= 0.3 is 0 Å². The maximum atomic E-state index is 2.39. The third kappa shape index (κ3) is 3.05. The number of aromatic nitrogens is 2. The van der Waals surface area contributed by atoms with Gasteiger partial charge in [0.25, 0.3) is 0 Å². The number of benzene rings is 1. The first-order valence-corrected chi connectivity index (χ1v) is 10.6. The van der Waals surface area contributed by atoms with Crippen molar-refractivity contribution < 1.29 is 9.13 Å². The smallest absolute Gasteiger partial charge is 0.176 e. The van der Waals surface area contributed by atoms with Crippen LogP contribution in [-0.4, -0.2) is 0 Å². The predicted molar refractivity (Wildman–Crippen MR) is 112 cm³/mol. The number of aryl methyl sites for hydroxylation is 2. The lowest BCUT2D eigenvalue weighted by Gasteiger charge is -2.21. The summed E-state index contributed by atoms with van der Waals surface area (Å²) in [5, 5.41) is 2.76. The highest BCUT2D eigenvalue weighted by Crippen LogP contribution is 2.50. The van der Waals surface area contributed by atoms with E-state index in [2.05, 4.69) is 85.9 Å². The van der Waals surface area contributed by atoms with Crippen molar-refractivity contribution >= 4 is 10.8 Å². The van der Waals surface area contributed by atoms with Gasteiger partial charge in [-0.25, -0.2) is 9.13 Å². The highest BCUT2D eigenvalue weighted by Gasteiger charge is 2.39. The van der Waals surface area contributed by atoms with E-state index in [-0.39, 0.29) is 5.41 Å². The molecule has 0 amide bonds. The molecule has 0 atom stereocenters. The second kappa shape index (κ2) is 7.07. The minimum absolute atomic E-state index is 0.0367. The van der Waals surface area contributed by atoms with Gasteiger partial charge in [-0.15, -0.1) is 0 Å². The number of unbranched alkanes of at least 4 members (excludes halogenated alkanes) is 2. The number of hydrogen-bond donors (Lipinski definition) is 0. The van der Waals surface area contributed by atoms with E-state index in [0.29, 0.717) is 0 Å². The summed E-state index contributed by atoms with van der Waals surface area (Å²) < 4.78 is 4.71. The molecule has 0 saturated heterocycles. The summed E-state index contributed by atoms with van der Waals surface area (Å²) in [6.07, 6.45) is 14.2. The molecular weight excluding hydrogens is 328 g/mol.